The van der Waals surface area contributed by atoms with Crippen LogP contribution in [-0.2, 0) is 14.4 Å². The largest absolute Gasteiger partial charge is 0.425 e. The van der Waals surface area contributed by atoms with Crippen molar-refractivity contribution in [3.63, 3.8) is 0 Å². The second-order valence-electron chi connectivity index (χ2n) is 7.68. The molecule has 1 aromatic rings. The van der Waals surface area contributed by atoms with Crippen LogP contribution >= 0.6 is 11.6 Å². The molecule has 0 aromatic heterocycles. The standard InChI is InChI=1S/C21H24ClNO4/c1-12(2)10-17(21(26)27-18-9-8-14(22)11-13(18)3)23-19(24)15-6-4-5-7-16(15)20(23)25/h4-5,8-9,11-12,15-17H,6-7,10H2,1-3H3. The number of ether oxygens (including phenoxy) is 1. The summed E-state index contributed by atoms with van der Waals surface area (Å²) >= 11 is 5.95. The van der Waals surface area contributed by atoms with Crippen molar-refractivity contribution in [2.24, 2.45) is 17.8 Å². The summed E-state index contributed by atoms with van der Waals surface area (Å²) in [6.45, 7) is 5.69. The van der Waals surface area contributed by atoms with Gasteiger partial charge in [-0.1, -0.05) is 37.6 Å². The maximum atomic E-state index is 13.0. The Kier molecular flexibility index (Phi) is 5.70. The molecule has 2 amide bonds. The molecule has 1 saturated heterocycles. The van der Waals surface area contributed by atoms with Crippen molar-refractivity contribution in [2.75, 3.05) is 0 Å². The van der Waals surface area contributed by atoms with Crippen LogP contribution in [0, 0.1) is 24.7 Å². The zero-order valence-corrected chi connectivity index (χ0v) is 16.5. The van der Waals surface area contributed by atoms with Crippen molar-refractivity contribution >= 4 is 29.4 Å². The maximum Gasteiger partial charge on any atom is 0.334 e. The predicted octanol–water partition coefficient (Wildman–Crippen LogP) is 3.92. The number of imide groups is 1. The van der Waals surface area contributed by atoms with Gasteiger partial charge in [0, 0.05) is 5.02 Å². The van der Waals surface area contributed by atoms with Gasteiger partial charge in [-0.15, -0.1) is 0 Å². The quantitative estimate of drug-likeness (QED) is 0.331. The first-order valence-electron chi connectivity index (χ1n) is 9.29. The van der Waals surface area contributed by atoms with Gasteiger partial charge in [-0.3, -0.25) is 14.5 Å². The molecule has 27 heavy (non-hydrogen) atoms. The Morgan fingerprint density at radius 1 is 1.19 bits per heavy atom. The number of hydrogen-bond acceptors (Lipinski definition) is 4. The fraction of sp³-hybridized carbons (Fsp3) is 0.476. The molecule has 1 aliphatic carbocycles. The molecule has 144 valence electrons. The maximum absolute atomic E-state index is 13.0. The van der Waals surface area contributed by atoms with Crippen LogP contribution in [0.25, 0.3) is 0 Å². The number of amides is 2. The van der Waals surface area contributed by atoms with Gasteiger partial charge in [0.2, 0.25) is 11.8 Å². The minimum absolute atomic E-state index is 0.121. The third kappa shape index (κ3) is 3.93. The Bertz CT molecular complexity index is 775. The van der Waals surface area contributed by atoms with Gasteiger partial charge in [0.05, 0.1) is 11.8 Å². The minimum atomic E-state index is -0.911. The smallest absolute Gasteiger partial charge is 0.334 e. The number of nitrogens with zero attached hydrogens (tertiary/aromatic N) is 1. The van der Waals surface area contributed by atoms with Crippen molar-refractivity contribution < 1.29 is 19.1 Å². The summed E-state index contributed by atoms with van der Waals surface area (Å²) in [5.74, 6) is -1.31. The normalized spacial score (nSPS) is 22.9. The molecule has 0 N–H and O–H groups in total. The molecule has 1 heterocycles. The van der Waals surface area contributed by atoms with E-state index >= 15 is 0 Å². The van der Waals surface area contributed by atoms with Crippen LogP contribution in [0.15, 0.2) is 30.4 Å². The number of esters is 1. The molecule has 3 unspecified atom stereocenters. The molecule has 1 aromatic carbocycles. The fourth-order valence-electron chi connectivity index (χ4n) is 3.79. The van der Waals surface area contributed by atoms with E-state index in [1.165, 1.54) is 0 Å². The molecule has 0 saturated carbocycles. The Morgan fingerprint density at radius 3 is 2.30 bits per heavy atom. The van der Waals surface area contributed by atoms with E-state index in [1.54, 1.807) is 25.1 Å². The lowest BCUT2D eigenvalue weighted by Gasteiger charge is -2.26. The number of rotatable bonds is 5. The van der Waals surface area contributed by atoms with E-state index in [-0.39, 0.29) is 29.6 Å². The van der Waals surface area contributed by atoms with Gasteiger partial charge in [0.1, 0.15) is 11.8 Å². The monoisotopic (exact) mass is 389 g/mol. The molecule has 5 nitrogen and oxygen atoms in total. The average molecular weight is 390 g/mol. The average Bonchev–Trinajstić information content (AvgIpc) is 2.86. The van der Waals surface area contributed by atoms with Gasteiger partial charge in [0.25, 0.3) is 0 Å². The van der Waals surface area contributed by atoms with Gasteiger partial charge >= 0.3 is 5.97 Å². The zero-order chi connectivity index (χ0) is 19.7. The molecule has 3 atom stereocenters. The third-order valence-electron chi connectivity index (χ3n) is 5.17. The molecule has 1 fully saturated rings. The van der Waals surface area contributed by atoms with Crippen molar-refractivity contribution in [2.45, 2.75) is 46.1 Å². The number of benzene rings is 1. The SMILES string of the molecule is Cc1cc(Cl)ccc1OC(=O)C(CC(C)C)N1C(=O)C2CC=CCC2C1=O. The van der Waals surface area contributed by atoms with E-state index < -0.39 is 12.0 Å². The fourth-order valence-corrected chi connectivity index (χ4v) is 4.02. The first-order valence-corrected chi connectivity index (χ1v) is 9.67. The second-order valence-corrected chi connectivity index (χ2v) is 8.11. The van der Waals surface area contributed by atoms with Gasteiger partial charge in [-0.05, 0) is 55.9 Å². The van der Waals surface area contributed by atoms with E-state index in [9.17, 15) is 14.4 Å². The second kappa shape index (κ2) is 7.85. The van der Waals surface area contributed by atoms with Crippen molar-refractivity contribution in [3.05, 3.63) is 40.9 Å². The Morgan fingerprint density at radius 2 is 1.78 bits per heavy atom. The number of likely N-dealkylation sites (tertiary alicyclic amines) is 1. The van der Waals surface area contributed by atoms with Crippen molar-refractivity contribution in [1.29, 1.82) is 0 Å². The molecule has 3 rings (SSSR count). The summed E-state index contributed by atoms with van der Waals surface area (Å²) in [6, 6.07) is 4.06. The van der Waals surface area contributed by atoms with Crippen molar-refractivity contribution in [1.82, 2.24) is 4.90 Å². The lowest BCUT2D eigenvalue weighted by Crippen LogP contribution is -2.48. The highest BCUT2D eigenvalue weighted by Gasteiger charge is 2.51. The predicted molar refractivity (Wildman–Crippen MR) is 102 cm³/mol. The lowest BCUT2D eigenvalue weighted by molar-refractivity contribution is -0.154. The van der Waals surface area contributed by atoms with E-state index in [1.807, 2.05) is 26.0 Å². The number of carbonyl (C=O) groups excluding carboxylic acids is 3. The Balaban J connectivity index is 1.86. The van der Waals surface area contributed by atoms with E-state index in [0.29, 0.717) is 30.0 Å². The highest BCUT2D eigenvalue weighted by atomic mass is 35.5. The summed E-state index contributed by atoms with van der Waals surface area (Å²) < 4.78 is 5.57. The molecule has 0 spiro atoms. The molecule has 2 aliphatic rings. The number of halogens is 1. The summed E-state index contributed by atoms with van der Waals surface area (Å²) in [5, 5.41) is 0.549. The minimum Gasteiger partial charge on any atom is -0.425 e. The van der Waals surface area contributed by atoms with Crippen LogP contribution in [-0.4, -0.2) is 28.7 Å². The lowest BCUT2D eigenvalue weighted by atomic mass is 9.85. The zero-order valence-electron chi connectivity index (χ0n) is 15.8. The molecule has 0 bridgehead atoms. The van der Waals surface area contributed by atoms with E-state index in [2.05, 4.69) is 0 Å². The molecule has 0 radical (unpaired) electrons. The van der Waals surface area contributed by atoms with Crippen LogP contribution in [0.2, 0.25) is 5.02 Å². The highest BCUT2D eigenvalue weighted by Crippen LogP contribution is 2.37. The van der Waals surface area contributed by atoms with Crippen LogP contribution in [0.3, 0.4) is 0 Å². The van der Waals surface area contributed by atoms with E-state index in [0.717, 1.165) is 10.5 Å². The summed E-state index contributed by atoms with van der Waals surface area (Å²) in [6.07, 6.45) is 5.33. The number of aryl methyl sites for hydroxylation is 1. The third-order valence-corrected chi connectivity index (χ3v) is 5.40. The molecular weight excluding hydrogens is 366 g/mol. The first-order chi connectivity index (χ1) is 12.8. The van der Waals surface area contributed by atoms with Gasteiger partial charge in [-0.25, -0.2) is 4.79 Å². The summed E-state index contributed by atoms with van der Waals surface area (Å²) in [4.78, 5) is 39.9. The topological polar surface area (TPSA) is 63.7 Å². The number of fused-ring (bicyclic) bond motifs is 1. The van der Waals surface area contributed by atoms with Crippen LogP contribution in [0.5, 0.6) is 5.75 Å². The molecular formula is C21H24ClNO4. The summed E-state index contributed by atoms with van der Waals surface area (Å²) in [7, 11) is 0. The van der Waals surface area contributed by atoms with E-state index in [4.69, 9.17) is 16.3 Å². The number of allylic oxidation sites excluding steroid dienone is 2. The van der Waals surface area contributed by atoms with Crippen LogP contribution < -0.4 is 4.74 Å². The number of hydrogen-bond donors (Lipinski definition) is 0. The van der Waals surface area contributed by atoms with Crippen molar-refractivity contribution in [3.8, 4) is 5.75 Å². The Hall–Kier alpha value is -2.14. The number of carbonyl (C=O) groups is 3. The van der Waals surface area contributed by atoms with Gasteiger partial charge in [-0.2, -0.15) is 0 Å². The van der Waals surface area contributed by atoms with Gasteiger partial charge < -0.3 is 4.74 Å². The van der Waals surface area contributed by atoms with Crippen LogP contribution in [0.1, 0.15) is 38.7 Å². The summed E-state index contributed by atoms with van der Waals surface area (Å²) in [5.41, 5.74) is 0.719. The molecule has 6 heteroatoms. The van der Waals surface area contributed by atoms with Crippen LogP contribution in [0.4, 0.5) is 0 Å². The molecule has 1 aliphatic heterocycles. The Labute approximate surface area is 164 Å². The highest BCUT2D eigenvalue weighted by molar-refractivity contribution is 6.30. The first kappa shape index (κ1) is 19.6. The van der Waals surface area contributed by atoms with Gasteiger partial charge in [0.15, 0.2) is 0 Å².